The monoisotopic (exact) mass is 221 g/mol. The van der Waals surface area contributed by atoms with Gasteiger partial charge in [0.25, 0.3) is 0 Å². The minimum Gasteiger partial charge on any atom is -0.395 e. The van der Waals surface area contributed by atoms with E-state index in [-0.39, 0.29) is 24.8 Å². The van der Waals surface area contributed by atoms with Gasteiger partial charge in [0.1, 0.15) is 11.6 Å². The molecule has 7 heteroatoms. The van der Waals surface area contributed by atoms with Crippen molar-refractivity contribution in [3.63, 3.8) is 0 Å². The topological polar surface area (TPSA) is 71.2 Å². The number of alkyl halides is 3. The van der Waals surface area contributed by atoms with Crippen LogP contribution in [0.15, 0.2) is 12.1 Å². The van der Waals surface area contributed by atoms with Crippen LogP contribution < -0.4 is 11.1 Å². The van der Waals surface area contributed by atoms with E-state index in [0.717, 1.165) is 12.1 Å². The van der Waals surface area contributed by atoms with Crippen LogP contribution in [0.3, 0.4) is 0 Å². The van der Waals surface area contributed by atoms with Gasteiger partial charge in [0.2, 0.25) is 0 Å². The predicted molar refractivity (Wildman–Crippen MR) is 49.2 cm³/mol. The van der Waals surface area contributed by atoms with Crippen molar-refractivity contribution in [3.05, 3.63) is 17.7 Å². The Morgan fingerprint density at radius 1 is 1.40 bits per heavy atom. The Labute approximate surface area is 83.9 Å². The van der Waals surface area contributed by atoms with Crippen molar-refractivity contribution in [1.29, 1.82) is 0 Å². The van der Waals surface area contributed by atoms with Crippen LogP contribution in [0, 0.1) is 0 Å². The maximum absolute atomic E-state index is 12.3. The van der Waals surface area contributed by atoms with E-state index in [1.54, 1.807) is 0 Å². The molecule has 0 spiro atoms. The molecule has 4 N–H and O–H groups in total. The van der Waals surface area contributed by atoms with Crippen LogP contribution in [-0.2, 0) is 6.18 Å². The van der Waals surface area contributed by atoms with E-state index in [1.807, 2.05) is 0 Å². The average Bonchev–Trinajstić information content (AvgIpc) is 2.12. The van der Waals surface area contributed by atoms with E-state index in [2.05, 4.69) is 10.3 Å². The number of hydrogen-bond donors (Lipinski definition) is 3. The molecule has 0 aliphatic carbocycles. The van der Waals surface area contributed by atoms with Crippen molar-refractivity contribution >= 4 is 11.6 Å². The highest BCUT2D eigenvalue weighted by Gasteiger charge is 2.31. The maximum Gasteiger partial charge on any atom is 0.416 e. The van der Waals surface area contributed by atoms with Gasteiger partial charge in [-0.3, -0.25) is 0 Å². The number of aromatic nitrogens is 1. The molecular formula is C8H10F3N3O. The standard InChI is InChI=1S/C8H10F3N3O/c9-8(10,11)5-3-6(12)14-7(4-5)13-1-2-15/h3-4,15H,1-2H2,(H3,12,13,14). The predicted octanol–water partition coefficient (Wildman–Crippen LogP) is 1.09. The normalized spacial score (nSPS) is 11.5. The zero-order valence-electron chi connectivity index (χ0n) is 7.67. The van der Waals surface area contributed by atoms with Gasteiger partial charge in [-0.1, -0.05) is 0 Å². The first-order chi connectivity index (χ1) is 6.93. The first-order valence-corrected chi connectivity index (χ1v) is 4.13. The van der Waals surface area contributed by atoms with E-state index in [0.29, 0.717) is 0 Å². The summed E-state index contributed by atoms with van der Waals surface area (Å²) in [5.74, 6) is -0.221. The van der Waals surface area contributed by atoms with Gasteiger partial charge in [-0.05, 0) is 12.1 Å². The first-order valence-electron chi connectivity index (χ1n) is 4.13. The lowest BCUT2D eigenvalue weighted by molar-refractivity contribution is -0.137. The number of pyridine rings is 1. The van der Waals surface area contributed by atoms with Crippen molar-refractivity contribution in [2.45, 2.75) is 6.18 Å². The highest BCUT2D eigenvalue weighted by atomic mass is 19.4. The molecule has 4 nitrogen and oxygen atoms in total. The summed E-state index contributed by atoms with van der Waals surface area (Å²) in [6, 6.07) is 1.59. The second-order valence-electron chi connectivity index (χ2n) is 2.81. The Balaban J connectivity index is 2.95. The molecule has 0 atom stereocenters. The van der Waals surface area contributed by atoms with Crippen LogP contribution in [0.1, 0.15) is 5.56 Å². The number of halogens is 3. The molecule has 15 heavy (non-hydrogen) atoms. The Morgan fingerprint density at radius 2 is 2.07 bits per heavy atom. The number of anilines is 2. The van der Waals surface area contributed by atoms with Crippen molar-refractivity contribution < 1.29 is 18.3 Å². The average molecular weight is 221 g/mol. The van der Waals surface area contributed by atoms with E-state index in [4.69, 9.17) is 10.8 Å². The number of nitrogens with zero attached hydrogens (tertiary/aromatic N) is 1. The van der Waals surface area contributed by atoms with Crippen molar-refractivity contribution in [2.75, 3.05) is 24.2 Å². The summed E-state index contributed by atoms with van der Waals surface area (Å²) in [5.41, 5.74) is 4.35. The summed E-state index contributed by atoms with van der Waals surface area (Å²) in [4.78, 5) is 3.64. The Morgan fingerprint density at radius 3 is 2.60 bits per heavy atom. The number of nitrogens with two attached hydrogens (primary N) is 1. The molecule has 1 aromatic heterocycles. The maximum atomic E-state index is 12.3. The van der Waals surface area contributed by atoms with Crippen LogP contribution in [0.25, 0.3) is 0 Å². The smallest absolute Gasteiger partial charge is 0.395 e. The van der Waals surface area contributed by atoms with Gasteiger partial charge in [-0.25, -0.2) is 4.98 Å². The number of hydrogen-bond acceptors (Lipinski definition) is 4. The Hall–Kier alpha value is -1.50. The minimum absolute atomic E-state index is 0.00336. The molecule has 0 bridgehead atoms. The van der Waals surface area contributed by atoms with Gasteiger partial charge in [0, 0.05) is 6.54 Å². The molecule has 1 rings (SSSR count). The number of aliphatic hydroxyl groups is 1. The van der Waals surface area contributed by atoms with Gasteiger partial charge in [-0.2, -0.15) is 13.2 Å². The van der Waals surface area contributed by atoms with Crippen molar-refractivity contribution in [3.8, 4) is 0 Å². The van der Waals surface area contributed by atoms with Crippen LogP contribution in [-0.4, -0.2) is 23.2 Å². The van der Waals surface area contributed by atoms with E-state index in [1.165, 1.54) is 0 Å². The van der Waals surface area contributed by atoms with Gasteiger partial charge >= 0.3 is 6.18 Å². The van der Waals surface area contributed by atoms with Gasteiger partial charge in [0.05, 0.1) is 12.2 Å². The first kappa shape index (κ1) is 11.6. The molecule has 1 heterocycles. The van der Waals surface area contributed by atoms with Crippen LogP contribution in [0.4, 0.5) is 24.8 Å². The van der Waals surface area contributed by atoms with Crippen molar-refractivity contribution in [2.24, 2.45) is 0 Å². The molecule has 1 aromatic rings. The zero-order valence-corrected chi connectivity index (χ0v) is 7.67. The molecule has 84 valence electrons. The fourth-order valence-corrected chi connectivity index (χ4v) is 0.990. The molecule has 0 saturated carbocycles. The number of nitrogen functional groups attached to an aromatic ring is 1. The van der Waals surface area contributed by atoms with Gasteiger partial charge in [-0.15, -0.1) is 0 Å². The fraction of sp³-hybridized carbons (Fsp3) is 0.375. The van der Waals surface area contributed by atoms with Gasteiger partial charge < -0.3 is 16.2 Å². The third kappa shape index (κ3) is 3.28. The lowest BCUT2D eigenvalue weighted by atomic mass is 10.2. The highest BCUT2D eigenvalue weighted by molar-refractivity contribution is 5.47. The number of aliphatic hydroxyl groups excluding tert-OH is 1. The second kappa shape index (κ2) is 4.35. The van der Waals surface area contributed by atoms with Crippen LogP contribution in [0.5, 0.6) is 0 Å². The second-order valence-corrected chi connectivity index (χ2v) is 2.81. The molecule has 0 fully saturated rings. The molecule has 0 aromatic carbocycles. The third-order valence-electron chi connectivity index (χ3n) is 1.59. The van der Waals surface area contributed by atoms with E-state index in [9.17, 15) is 13.2 Å². The summed E-state index contributed by atoms with van der Waals surface area (Å²) >= 11 is 0. The summed E-state index contributed by atoms with van der Waals surface area (Å²) in [6.07, 6.45) is -4.45. The minimum atomic E-state index is -4.45. The Kier molecular flexibility index (Phi) is 3.35. The SMILES string of the molecule is Nc1cc(C(F)(F)F)cc(NCCO)n1. The summed E-state index contributed by atoms with van der Waals surface area (Å²) < 4.78 is 36.9. The molecular weight excluding hydrogens is 211 g/mol. The van der Waals surface area contributed by atoms with E-state index < -0.39 is 11.7 Å². The quantitative estimate of drug-likeness (QED) is 0.714. The van der Waals surface area contributed by atoms with Crippen LogP contribution in [0.2, 0.25) is 0 Å². The van der Waals surface area contributed by atoms with Crippen LogP contribution >= 0.6 is 0 Å². The molecule has 0 aliphatic heterocycles. The summed E-state index contributed by atoms with van der Waals surface area (Å²) in [5, 5.41) is 11.0. The third-order valence-corrected chi connectivity index (χ3v) is 1.59. The summed E-state index contributed by atoms with van der Waals surface area (Å²) in [7, 11) is 0. The largest absolute Gasteiger partial charge is 0.416 e. The highest BCUT2D eigenvalue weighted by Crippen LogP contribution is 2.31. The molecule has 0 amide bonds. The summed E-state index contributed by atoms with van der Waals surface area (Å²) in [6.45, 7) is -0.0778. The molecule has 0 unspecified atom stereocenters. The molecule has 0 saturated heterocycles. The number of rotatable bonds is 3. The Bertz CT molecular complexity index is 340. The molecule has 0 aliphatic rings. The zero-order chi connectivity index (χ0) is 11.5. The van der Waals surface area contributed by atoms with E-state index >= 15 is 0 Å². The van der Waals surface area contributed by atoms with Crippen molar-refractivity contribution in [1.82, 2.24) is 4.98 Å². The number of nitrogens with one attached hydrogen (secondary N) is 1. The molecule has 0 radical (unpaired) electrons. The lowest BCUT2D eigenvalue weighted by Gasteiger charge is -2.10. The lowest BCUT2D eigenvalue weighted by Crippen LogP contribution is -2.11. The fourth-order valence-electron chi connectivity index (χ4n) is 0.990. The van der Waals surface area contributed by atoms with Gasteiger partial charge in [0.15, 0.2) is 0 Å².